The maximum Gasteiger partial charge on any atom is 0.261 e. The minimum absolute atomic E-state index is 0.0316. The number of carbonyl (C=O) groups is 1. The zero-order valence-corrected chi connectivity index (χ0v) is 9.19. The number of nitrogens with zero attached hydrogens (tertiary/aromatic N) is 1. The van der Waals surface area contributed by atoms with E-state index in [2.05, 4.69) is 4.98 Å². The molecule has 0 aliphatic carbocycles. The molecular weight excluding hydrogens is 230 g/mol. The van der Waals surface area contributed by atoms with Crippen LogP contribution in [0, 0.1) is 0 Å². The third kappa shape index (κ3) is 1.92. The average molecular weight is 238 g/mol. The molecule has 82 valence electrons. The van der Waals surface area contributed by atoms with Crippen LogP contribution in [0.4, 0.5) is 0 Å². The normalized spacial score (nSPS) is 10.1. The molecule has 1 heterocycles. The molecular formula is C11H8ClNO3. The van der Waals surface area contributed by atoms with Gasteiger partial charge in [-0.25, -0.2) is 0 Å². The Kier molecular flexibility index (Phi) is 2.92. The minimum Gasteiger partial charge on any atom is -0.497 e. The van der Waals surface area contributed by atoms with Crippen molar-refractivity contribution in [2.75, 3.05) is 7.11 Å². The molecule has 0 saturated heterocycles. The van der Waals surface area contributed by atoms with Crippen molar-refractivity contribution in [3.8, 4) is 17.1 Å². The Morgan fingerprint density at radius 3 is 2.56 bits per heavy atom. The van der Waals surface area contributed by atoms with Crippen molar-refractivity contribution < 1.29 is 13.9 Å². The summed E-state index contributed by atoms with van der Waals surface area (Å²) < 4.78 is 10.2. The van der Waals surface area contributed by atoms with Crippen LogP contribution in [0.3, 0.4) is 0 Å². The zero-order chi connectivity index (χ0) is 11.5. The molecule has 0 N–H and O–H groups in total. The van der Waals surface area contributed by atoms with Gasteiger partial charge >= 0.3 is 0 Å². The molecule has 0 saturated carbocycles. The first-order valence-electron chi connectivity index (χ1n) is 4.50. The Hall–Kier alpha value is -1.81. The van der Waals surface area contributed by atoms with Crippen LogP contribution in [0.5, 0.6) is 5.75 Å². The van der Waals surface area contributed by atoms with E-state index in [0.29, 0.717) is 12.0 Å². The molecule has 0 fully saturated rings. The molecule has 0 bridgehead atoms. The van der Waals surface area contributed by atoms with Crippen molar-refractivity contribution in [3.05, 3.63) is 35.3 Å². The lowest BCUT2D eigenvalue weighted by atomic mass is 10.2. The third-order valence-corrected chi connectivity index (χ3v) is 2.31. The van der Waals surface area contributed by atoms with Crippen molar-refractivity contribution in [2.45, 2.75) is 0 Å². The highest BCUT2D eigenvalue weighted by atomic mass is 35.5. The van der Waals surface area contributed by atoms with E-state index in [1.165, 1.54) is 0 Å². The highest BCUT2D eigenvalue weighted by Gasteiger charge is 2.12. The molecule has 0 aliphatic heterocycles. The molecule has 1 aromatic carbocycles. The van der Waals surface area contributed by atoms with Crippen LogP contribution in [0.2, 0.25) is 5.15 Å². The average Bonchev–Trinajstić information content (AvgIpc) is 2.71. The fourth-order valence-electron chi connectivity index (χ4n) is 1.29. The van der Waals surface area contributed by atoms with E-state index in [-0.39, 0.29) is 11.0 Å². The fraction of sp³-hybridized carbons (Fsp3) is 0.0909. The zero-order valence-electron chi connectivity index (χ0n) is 8.44. The van der Waals surface area contributed by atoms with Crippen LogP contribution in [-0.4, -0.2) is 18.4 Å². The molecule has 0 radical (unpaired) electrons. The van der Waals surface area contributed by atoms with Crippen molar-refractivity contribution in [1.82, 2.24) is 4.98 Å². The van der Waals surface area contributed by atoms with E-state index < -0.39 is 0 Å². The van der Waals surface area contributed by atoms with Crippen molar-refractivity contribution in [2.24, 2.45) is 0 Å². The molecule has 1 aromatic heterocycles. The minimum atomic E-state index is -0.0316. The van der Waals surface area contributed by atoms with Gasteiger partial charge in [-0.05, 0) is 24.3 Å². The Morgan fingerprint density at radius 1 is 1.38 bits per heavy atom. The van der Waals surface area contributed by atoms with Gasteiger partial charge in [0, 0.05) is 5.56 Å². The number of hydrogen-bond acceptors (Lipinski definition) is 4. The molecule has 0 atom stereocenters. The summed E-state index contributed by atoms with van der Waals surface area (Å²) in [6.07, 6.45) is 0.513. The first kappa shape index (κ1) is 10.7. The summed E-state index contributed by atoms with van der Waals surface area (Å²) >= 11 is 5.84. The second-order valence-corrected chi connectivity index (χ2v) is 3.38. The lowest BCUT2D eigenvalue weighted by Gasteiger charge is -2.00. The maximum atomic E-state index is 10.5. The van der Waals surface area contributed by atoms with Crippen LogP contribution in [0.15, 0.2) is 28.7 Å². The number of benzene rings is 1. The molecule has 0 amide bonds. The van der Waals surface area contributed by atoms with Crippen molar-refractivity contribution in [1.29, 1.82) is 0 Å². The first-order valence-corrected chi connectivity index (χ1v) is 4.88. The molecule has 0 aliphatic rings. The van der Waals surface area contributed by atoms with E-state index in [4.69, 9.17) is 20.8 Å². The summed E-state index contributed by atoms with van der Waals surface area (Å²) in [5, 5.41) is 0.173. The van der Waals surface area contributed by atoms with Gasteiger partial charge < -0.3 is 9.15 Å². The Balaban J connectivity index is 2.41. The van der Waals surface area contributed by atoms with Crippen LogP contribution in [0.1, 0.15) is 10.7 Å². The highest BCUT2D eigenvalue weighted by Crippen LogP contribution is 2.29. The van der Waals surface area contributed by atoms with Gasteiger partial charge in [-0.2, -0.15) is 4.98 Å². The number of oxazole rings is 1. The Labute approximate surface area is 96.8 Å². The smallest absolute Gasteiger partial charge is 0.261 e. The number of carbonyl (C=O) groups excluding carboxylic acids is 1. The molecule has 4 nitrogen and oxygen atoms in total. The van der Waals surface area contributed by atoms with Crippen LogP contribution in [0.25, 0.3) is 11.3 Å². The van der Waals surface area contributed by atoms with Crippen LogP contribution in [-0.2, 0) is 0 Å². The standard InChI is InChI=1S/C11H8ClNO3/c1-15-8-4-2-7(3-5-8)10-11(12)13-9(6-14)16-10/h2-6H,1H3. The van der Waals surface area contributed by atoms with Gasteiger partial charge in [-0.15, -0.1) is 0 Å². The van der Waals surface area contributed by atoms with Gasteiger partial charge in [0.2, 0.25) is 6.29 Å². The monoisotopic (exact) mass is 237 g/mol. The van der Waals surface area contributed by atoms with Crippen LogP contribution >= 0.6 is 11.6 Å². The largest absolute Gasteiger partial charge is 0.497 e. The molecule has 5 heteroatoms. The first-order chi connectivity index (χ1) is 7.74. The maximum absolute atomic E-state index is 10.5. The number of methoxy groups -OCH3 is 1. The second-order valence-electron chi connectivity index (χ2n) is 3.02. The molecule has 0 spiro atoms. The fourth-order valence-corrected chi connectivity index (χ4v) is 1.52. The van der Waals surface area contributed by atoms with Gasteiger partial charge in [-0.3, -0.25) is 4.79 Å². The summed E-state index contributed by atoms with van der Waals surface area (Å²) in [4.78, 5) is 14.2. The van der Waals surface area contributed by atoms with E-state index in [1.807, 2.05) is 0 Å². The van der Waals surface area contributed by atoms with E-state index >= 15 is 0 Å². The number of rotatable bonds is 3. The van der Waals surface area contributed by atoms with E-state index in [0.717, 1.165) is 11.3 Å². The lowest BCUT2D eigenvalue weighted by Crippen LogP contribution is -1.82. The summed E-state index contributed by atoms with van der Waals surface area (Å²) in [7, 11) is 1.58. The number of halogens is 1. The van der Waals surface area contributed by atoms with Gasteiger partial charge in [0.25, 0.3) is 5.89 Å². The van der Waals surface area contributed by atoms with Crippen molar-refractivity contribution >= 4 is 17.9 Å². The van der Waals surface area contributed by atoms with Gasteiger partial charge in [0.15, 0.2) is 10.9 Å². The Bertz CT molecular complexity index is 504. The topological polar surface area (TPSA) is 52.3 Å². The quantitative estimate of drug-likeness (QED) is 0.771. The molecule has 0 unspecified atom stereocenters. The summed E-state index contributed by atoms with van der Waals surface area (Å²) in [6, 6.07) is 7.10. The van der Waals surface area contributed by atoms with Gasteiger partial charge in [0.05, 0.1) is 7.11 Å². The molecule has 2 rings (SSSR count). The number of hydrogen-bond donors (Lipinski definition) is 0. The summed E-state index contributed by atoms with van der Waals surface area (Å²) in [6.45, 7) is 0. The number of ether oxygens (including phenoxy) is 1. The molecule has 2 aromatic rings. The van der Waals surface area contributed by atoms with E-state index in [1.54, 1.807) is 31.4 Å². The summed E-state index contributed by atoms with van der Waals surface area (Å²) in [5.41, 5.74) is 0.742. The van der Waals surface area contributed by atoms with Gasteiger partial charge in [-0.1, -0.05) is 11.6 Å². The number of aldehydes is 1. The van der Waals surface area contributed by atoms with Crippen LogP contribution < -0.4 is 4.74 Å². The second kappa shape index (κ2) is 4.37. The predicted octanol–water partition coefficient (Wildman–Crippen LogP) is 2.82. The van der Waals surface area contributed by atoms with Gasteiger partial charge in [0.1, 0.15) is 5.75 Å². The van der Waals surface area contributed by atoms with Crippen molar-refractivity contribution in [3.63, 3.8) is 0 Å². The highest BCUT2D eigenvalue weighted by molar-refractivity contribution is 6.31. The summed E-state index contributed by atoms with van der Waals surface area (Å²) in [5.74, 6) is 1.08. The SMILES string of the molecule is COc1ccc(-c2oc(C=O)nc2Cl)cc1. The van der Waals surface area contributed by atoms with E-state index in [9.17, 15) is 4.79 Å². The number of aromatic nitrogens is 1. The lowest BCUT2D eigenvalue weighted by molar-refractivity contribution is 0.109. The molecule has 16 heavy (non-hydrogen) atoms. The Morgan fingerprint density at radius 2 is 2.06 bits per heavy atom. The predicted molar refractivity (Wildman–Crippen MR) is 58.9 cm³/mol. The third-order valence-electron chi connectivity index (χ3n) is 2.06.